The predicted molar refractivity (Wildman–Crippen MR) is 51.3 cm³/mol. The van der Waals surface area contributed by atoms with Crippen molar-refractivity contribution in [3.05, 3.63) is 0 Å². The van der Waals surface area contributed by atoms with Gasteiger partial charge in [0.2, 0.25) is 0 Å². The van der Waals surface area contributed by atoms with Crippen molar-refractivity contribution in [2.24, 2.45) is 0 Å². The van der Waals surface area contributed by atoms with Crippen LogP contribution in [0.25, 0.3) is 0 Å². The van der Waals surface area contributed by atoms with E-state index in [2.05, 4.69) is 4.52 Å². The Kier molecular flexibility index (Phi) is 21.4. The van der Waals surface area contributed by atoms with Gasteiger partial charge in [0.05, 0.1) is 12.8 Å². The number of carboxylic acid groups (broad SMARTS) is 3. The first-order valence-corrected chi connectivity index (χ1v) is 5.45. The third kappa shape index (κ3) is 13.8. The van der Waals surface area contributed by atoms with Gasteiger partial charge in [-0.3, -0.25) is 14.1 Å². The maximum atomic E-state index is 10.8. The van der Waals surface area contributed by atoms with Crippen molar-refractivity contribution < 1.29 is 207 Å². The fourth-order valence-electron chi connectivity index (χ4n) is 1.03. The van der Waals surface area contributed by atoms with E-state index in [0.717, 1.165) is 0 Å². The van der Waals surface area contributed by atoms with E-state index in [-0.39, 0.29) is 158 Å². The number of carbonyl (C=O) groups is 3. The Labute approximate surface area is 245 Å². The van der Waals surface area contributed by atoms with Gasteiger partial charge < -0.3 is 29.4 Å². The standard InChI is InChI=1S/C6H9O10P.3K.3H/c7-3(8)1-6(5(11)12,2-4(9)10)16-17(13,14)15;;;;;;/h1-2H2,(H,7,8)(H,9,10)(H,11,12)(H2,13,14,15);;;;;;/q;3*+1;3*-1. The average Bonchev–Trinajstić information content (AvgIpc) is 1.96. The summed E-state index contributed by atoms with van der Waals surface area (Å²) < 4.78 is 14.4. The number of rotatable bonds is 7. The van der Waals surface area contributed by atoms with E-state index in [1.54, 1.807) is 0 Å². The van der Waals surface area contributed by atoms with Crippen molar-refractivity contribution in [2.45, 2.75) is 18.4 Å². The van der Waals surface area contributed by atoms with Crippen molar-refractivity contribution in [3.8, 4) is 0 Å². The summed E-state index contributed by atoms with van der Waals surface area (Å²) in [6.45, 7) is 0. The molecule has 0 atom stereocenters. The van der Waals surface area contributed by atoms with Crippen LogP contribution in [0.4, 0.5) is 0 Å². The first-order valence-electron chi connectivity index (χ1n) is 3.92. The van der Waals surface area contributed by atoms with Crippen LogP contribution in [0.1, 0.15) is 17.1 Å². The number of aliphatic carboxylic acids is 3. The van der Waals surface area contributed by atoms with Crippen LogP contribution in [0.3, 0.4) is 0 Å². The van der Waals surface area contributed by atoms with E-state index < -0.39 is 44.2 Å². The van der Waals surface area contributed by atoms with E-state index in [4.69, 9.17) is 25.1 Å². The molecular formula is C6H12K3O10P. The molecule has 0 fully saturated rings. The third-order valence-electron chi connectivity index (χ3n) is 1.56. The van der Waals surface area contributed by atoms with Crippen LogP contribution in [0.5, 0.6) is 0 Å². The molecular weight excluding hydrogens is 380 g/mol. The van der Waals surface area contributed by atoms with Crippen molar-refractivity contribution in [2.75, 3.05) is 0 Å². The summed E-state index contributed by atoms with van der Waals surface area (Å²) in [5.74, 6) is -5.64. The van der Waals surface area contributed by atoms with Gasteiger partial charge in [-0.25, -0.2) is 9.36 Å². The maximum absolute atomic E-state index is 10.8. The molecule has 14 heteroatoms. The smallest absolute Gasteiger partial charge is 1.00 e. The van der Waals surface area contributed by atoms with Gasteiger partial charge in [0.25, 0.3) is 0 Å². The Bertz CT molecular complexity index is 389. The fourth-order valence-corrected chi connectivity index (χ4v) is 1.70. The Morgan fingerprint density at radius 1 is 0.950 bits per heavy atom. The zero-order valence-electron chi connectivity index (χ0n) is 14.1. The monoisotopic (exact) mass is 392 g/mol. The van der Waals surface area contributed by atoms with Gasteiger partial charge in [0.1, 0.15) is 0 Å². The Morgan fingerprint density at radius 3 is 1.40 bits per heavy atom. The molecule has 0 aromatic carbocycles. The van der Waals surface area contributed by atoms with Crippen molar-refractivity contribution in [1.82, 2.24) is 0 Å². The van der Waals surface area contributed by atoms with Gasteiger partial charge in [-0.05, 0) is 0 Å². The minimum atomic E-state index is -5.36. The van der Waals surface area contributed by atoms with Crippen LogP contribution in [0, 0.1) is 0 Å². The third-order valence-corrected chi connectivity index (χ3v) is 2.14. The quantitative estimate of drug-likeness (QED) is 0.206. The number of carboxylic acids is 3. The van der Waals surface area contributed by atoms with Crippen LogP contribution in [0.2, 0.25) is 0 Å². The van der Waals surface area contributed by atoms with Gasteiger partial charge in [-0.2, -0.15) is 0 Å². The molecule has 0 aliphatic heterocycles. The Hall–Kier alpha value is 3.43. The molecule has 104 valence electrons. The SMILES string of the molecule is O=C(O)CC(CC(=O)O)(OP(=O)(O)O)C(=O)O.[H-].[H-].[H-].[K+].[K+].[K+]. The second kappa shape index (κ2) is 13.7. The molecule has 0 radical (unpaired) electrons. The Balaban J connectivity index is -0.0000000853. The van der Waals surface area contributed by atoms with Gasteiger partial charge in [-0.15, -0.1) is 0 Å². The van der Waals surface area contributed by atoms with E-state index in [1.165, 1.54) is 0 Å². The number of phosphoric ester groups is 1. The minimum absolute atomic E-state index is 0. The number of hydrogen-bond acceptors (Lipinski definition) is 5. The van der Waals surface area contributed by atoms with E-state index in [0.29, 0.717) is 0 Å². The molecule has 5 N–H and O–H groups in total. The maximum Gasteiger partial charge on any atom is 1.00 e. The molecule has 0 aromatic heterocycles. The van der Waals surface area contributed by atoms with Gasteiger partial charge in [0, 0.05) is 0 Å². The first kappa shape index (κ1) is 31.2. The van der Waals surface area contributed by atoms with E-state index >= 15 is 0 Å². The van der Waals surface area contributed by atoms with Crippen LogP contribution in [0.15, 0.2) is 0 Å². The molecule has 0 aliphatic carbocycles. The molecule has 0 aliphatic rings. The molecule has 0 saturated heterocycles. The van der Waals surface area contributed by atoms with Crippen LogP contribution >= 0.6 is 7.82 Å². The van der Waals surface area contributed by atoms with E-state index in [9.17, 15) is 18.9 Å². The molecule has 20 heavy (non-hydrogen) atoms. The summed E-state index contributed by atoms with van der Waals surface area (Å²) in [5.41, 5.74) is -3.02. The largest absolute Gasteiger partial charge is 1.00 e. The topological polar surface area (TPSA) is 179 Å². The molecule has 0 amide bonds. The van der Waals surface area contributed by atoms with Crippen LogP contribution < -0.4 is 154 Å². The fraction of sp³-hybridized carbons (Fsp3) is 0.500. The second-order valence-corrected chi connectivity index (χ2v) is 4.19. The summed E-state index contributed by atoms with van der Waals surface area (Å²) in [7, 11) is -5.36. The van der Waals surface area contributed by atoms with Crippen LogP contribution in [-0.4, -0.2) is 48.6 Å². The van der Waals surface area contributed by atoms with Gasteiger partial charge in [0.15, 0.2) is 5.60 Å². The van der Waals surface area contributed by atoms with Crippen LogP contribution in [-0.2, 0) is 23.5 Å². The molecule has 0 heterocycles. The molecule has 0 aromatic rings. The summed E-state index contributed by atoms with van der Waals surface area (Å²) in [6, 6.07) is 0. The van der Waals surface area contributed by atoms with Gasteiger partial charge >= 0.3 is 180 Å². The number of phosphoric acid groups is 1. The molecule has 0 spiro atoms. The molecule has 0 rings (SSSR count). The predicted octanol–water partition coefficient (Wildman–Crippen LogP) is -9.78. The molecule has 0 unspecified atom stereocenters. The normalized spacial score (nSPS) is 10.3. The summed E-state index contributed by atoms with van der Waals surface area (Å²) in [6.07, 6.45) is -2.81. The molecule has 0 bridgehead atoms. The Morgan fingerprint density at radius 2 is 1.25 bits per heavy atom. The average molecular weight is 392 g/mol. The minimum Gasteiger partial charge on any atom is -1.00 e. The van der Waals surface area contributed by atoms with E-state index in [1.807, 2.05) is 0 Å². The zero-order chi connectivity index (χ0) is 13.9. The second-order valence-electron chi connectivity index (χ2n) is 3.02. The summed E-state index contributed by atoms with van der Waals surface area (Å²) in [5, 5.41) is 25.5. The molecule has 0 saturated carbocycles. The zero-order valence-corrected chi connectivity index (χ0v) is 21.4. The summed E-state index contributed by atoms with van der Waals surface area (Å²) in [4.78, 5) is 48.5. The first-order chi connectivity index (χ1) is 7.48. The molecule has 10 nitrogen and oxygen atoms in total. The van der Waals surface area contributed by atoms with Crippen molar-refractivity contribution >= 4 is 25.7 Å². The van der Waals surface area contributed by atoms with Gasteiger partial charge in [-0.1, -0.05) is 0 Å². The van der Waals surface area contributed by atoms with Crippen molar-refractivity contribution in [1.29, 1.82) is 0 Å². The summed E-state index contributed by atoms with van der Waals surface area (Å²) >= 11 is 0. The number of hydrogen-bond donors (Lipinski definition) is 5. The van der Waals surface area contributed by atoms with Crippen molar-refractivity contribution in [3.63, 3.8) is 0 Å².